The highest BCUT2D eigenvalue weighted by Crippen LogP contribution is 2.37. The summed E-state index contributed by atoms with van der Waals surface area (Å²) in [4.78, 5) is 29.5. The van der Waals surface area contributed by atoms with Crippen LogP contribution >= 0.6 is 11.8 Å². The van der Waals surface area contributed by atoms with Gasteiger partial charge in [0.05, 0.1) is 5.69 Å². The third-order valence-corrected chi connectivity index (χ3v) is 5.94. The molecule has 0 bridgehead atoms. The van der Waals surface area contributed by atoms with Gasteiger partial charge in [0.25, 0.3) is 5.82 Å². The molecule has 0 saturated carbocycles. The van der Waals surface area contributed by atoms with Crippen molar-refractivity contribution in [3.8, 4) is 12.1 Å². The molecule has 2 amide bonds. The van der Waals surface area contributed by atoms with E-state index < -0.39 is 5.25 Å². The van der Waals surface area contributed by atoms with E-state index in [9.17, 15) is 20.1 Å². The van der Waals surface area contributed by atoms with Crippen LogP contribution in [0.2, 0.25) is 0 Å². The lowest BCUT2D eigenvalue weighted by Crippen LogP contribution is -2.31. The zero-order valence-corrected chi connectivity index (χ0v) is 17.1. The number of nitrogens with zero attached hydrogens (tertiary/aromatic N) is 3. The van der Waals surface area contributed by atoms with Gasteiger partial charge in [0, 0.05) is 12.0 Å². The van der Waals surface area contributed by atoms with Gasteiger partial charge in [-0.15, -0.1) is 0 Å². The van der Waals surface area contributed by atoms with Crippen LogP contribution in [0.5, 0.6) is 0 Å². The van der Waals surface area contributed by atoms with Crippen LogP contribution in [0.4, 0.5) is 11.5 Å². The van der Waals surface area contributed by atoms with Crippen LogP contribution in [0.15, 0.2) is 29.3 Å². The number of aromatic amines is 1. The van der Waals surface area contributed by atoms with Gasteiger partial charge in [-0.2, -0.15) is 10.5 Å². The average molecular weight is 406 g/mol. The highest BCUT2D eigenvalue weighted by molar-refractivity contribution is 8.00. The molecule has 0 unspecified atom stereocenters. The lowest BCUT2D eigenvalue weighted by atomic mass is 9.94. The van der Waals surface area contributed by atoms with Crippen LogP contribution in [0.25, 0.3) is 0 Å². The molecule has 29 heavy (non-hydrogen) atoms. The largest absolute Gasteiger partial charge is 0.289 e. The molecule has 8 heteroatoms. The van der Waals surface area contributed by atoms with E-state index in [4.69, 9.17) is 5.73 Å². The molecule has 0 radical (unpaired) electrons. The topological polar surface area (TPSA) is 125 Å². The Morgan fingerprint density at radius 3 is 2.34 bits per heavy atom. The number of nitriles is 2. The summed E-state index contributed by atoms with van der Waals surface area (Å²) in [5, 5.41) is 18.9. The van der Waals surface area contributed by atoms with Crippen molar-refractivity contribution in [1.82, 2.24) is 0 Å². The van der Waals surface area contributed by atoms with E-state index in [1.807, 2.05) is 39.0 Å². The number of aryl methyl sites for hydroxylation is 1. The number of nitrogen functional groups attached to an aromatic ring is 1. The highest BCUT2D eigenvalue weighted by Gasteiger charge is 2.41. The van der Waals surface area contributed by atoms with Gasteiger partial charge >= 0.3 is 0 Å². The number of carbonyl (C=O) groups excluding carboxylic acids is 2. The quantitative estimate of drug-likeness (QED) is 0.778. The summed E-state index contributed by atoms with van der Waals surface area (Å²) in [7, 11) is 0. The number of hydrogen-bond donors (Lipinski definition) is 1. The van der Waals surface area contributed by atoms with E-state index in [1.165, 1.54) is 4.90 Å². The maximum Gasteiger partial charge on any atom is 0.289 e. The third-order valence-electron chi connectivity index (χ3n) is 4.74. The number of anilines is 2. The van der Waals surface area contributed by atoms with Crippen molar-refractivity contribution in [2.45, 2.75) is 43.4 Å². The zero-order chi connectivity index (χ0) is 21.3. The van der Waals surface area contributed by atoms with E-state index in [-0.39, 0.29) is 41.1 Å². The summed E-state index contributed by atoms with van der Waals surface area (Å²) in [6, 6.07) is 11.3. The van der Waals surface area contributed by atoms with Crippen molar-refractivity contribution in [2.24, 2.45) is 0 Å². The first-order valence-electron chi connectivity index (χ1n) is 9.07. The number of rotatable bonds is 4. The molecule has 1 saturated heterocycles. The molecule has 1 aliphatic heterocycles. The van der Waals surface area contributed by atoms with Gasteiger partial charge in [-0.1, -0.05) is 43.3 Å². The van der Waals surface area contributed by atoms with Crippen molar-refractivity contribution in [2.75, 3.05) is 10.6 Å². The fourth-order valence-corrected chi connectivity index (χ4v) is 4.50. The molecule has 146 valence electrons. The Bertz CT molecular complexity index is 1080. The zero-order valence-electron chi connectivity index (χ0n) is 16.3. The molecule has 1 fully saturated rings. The monoisotopic (exact) mass is 406 g/mol. The molecule has 1 aromatic heterocycles. The number of thioether (sulfide) groups is 1. The lowest BCUT2D eigenvalue weighted by Gasteiger charge is -2.16. The minimum Gasteiger partial charge on any atom is -0.286 e. The highest BCUT2D eigenvalue weighted by atomic mass is 32.2. The van der Waals surface area contributed by atoms with E-state index >= 15 is 0 Å². The Labute approximate surface area is 173 Å². The maximum atomic E-state index is 12.9. The predicted molar refractivity (Wildman–Crippen MR) is 109 cm³/mol. The molecule has 2 aromatic rings. The minimum absolute atomic E-state index is 0.0208. The standard InChI is InChI=1S/C21H19N5O2S/c1-11(2)18-14(9-22)19(24)25-20(15(18)10-23)29-16-8-17(27)26(21(16)28)13-6-4-12(3)5-7-13/h4-7,11,16H,8H2,1-3H3,(H2,24,25)/p+1/t16-/m0/s1. The molecule has 1 atom stereocenters. The summed E-state index contributed by atoms with van der Waals surface area (Å²) in [6.45, 7) is 5.67. The molecule has 0 aliphatic carbocycles. The number of nitrogens with one attached hydrogen (secondary N) is 1. The van der Waals surface area contributed by atoms with E-state index in [2.05, 4.69) is 11.1 Å². The van der Waals surface area contributed by atoms with Crippen molar-refractivity contribution in [3.63, 3.8) is 0 Å². The summed E-state index contributed by atoms with van der Waals surface area (Å²) >= 11 is 1.10. The molecular weight excluding hydrogens is 386 g/mol. The van der Waals surface area contributed by atoms with E-state index in [0.717, 1.165) is 17.3 Å². The Morgan fingerprint density at radius 2 is 1.79 bits per heavy atom. The number of benzene rings is 1. The third kappa shape index (κ3) is 3.67. The van der Waals surface area contributed by atoms with Crippen LogP contribution in [0, 0.1) is 29.6 Å². The average Bonchev–Trinajstić information content (AvgIpc) is 2.95. The lowest BCUT2D eigenvalue weighted by molar-refractivity contribution is -0.410. The summed E-state index contributed by atoms with van der Waals surface area (Å²) in [6.07, 6.45) is 0.0208. The minimum atomic E-state index is -0.681. The molecule has 7 nitrogen and oxygen atoms in total. The number of hydrogen-bond acceptors (Lipinski definition) is 6. The first-order chi connectivity index (χ1) is 13.8. The van der Waals surface area contributed by atoms with Gasteiger partial charge in [0.2, 0.25) is 11.8 Å². The van der Waals surface area contributed by atoms with Gasteiger partial charge in [0.15, 0.2) is 5.03 Å². The number of carbonyl (C=O) groups is 2. The number of H-pyrrole nitrogens is 1. The number of imide groups is 1. The number of pyridine rings is 1. The van der Waals surface area contributed by atoms with E-state index in [0.29, 0.717) is 16.3 Å². The second-order valence-corrected chi connectivity index (χ2v) is 8.34. The normalized spacial score (nSPS) is 16.2. The predicted octanol–water partition coefficient (Wildman–Crippen LogP) is 2.68. The second kappa shape index (κ2) is 7.94. The fourth-order valence-electron chi connectivity index (χ4n) is 3.34. The second-order valence-electron chi connectivity index (χ2n) is 7.12. The smallest absolute Gasteiger partial charge is 0.286 e. The Balaban J connectivity index is 1.98. The maximum absolute atomic E-state index is 12.9. The summed E-state index contributed by atoms with van der Waals surface area (Å²) in [5.41, 5.74) is 8.61. The number of aromatic nitrogens is 1. The number of nitrogens with two attached hydrogens (primary N) is 1. The van der Waals surface area contributed by atoms with Gasteiger partial charge in [0.1, 0.15) is 28.5 Å². The van der Waals surface area contributed by atoms with Crippen molar-refractivity contribution < 1.29 is 14.6 Å². The summed E-state index contributed by atoms with van der Waals surface area (Å²) < 4.78 is 0. The first kappa shape index (κ1) is 20.4. The van der Waals surface area contributed by atoms with Gasteiger partial charge in [-0.25, -0.2) is 9.88 Å². The van der Waals surface area contributed by atoms with Crippen LogP contribution in [-0.2, 0) is 9.59 Å². The molecule has 2 heterocycles. The van der Waals surface area contributed by atoms with E-state index in [1.54, 1.807) is 12.1 Å². The Morgan fingerprint density at radius 1 is 1.17 bits per heavy atom. The van der Waals surface area contributed by atoms with Crippen LogP contribution in [0.3, 0.4) is 0 Å². The van der Waals surface area contributed by atoms with Crippen molar-refractivity contribution in [3.05, 3.63) is 46.5 Å². The van der Waals surface area contributed by atoms with Crippen LogP contribution in [0.1, 0.15) is 48.4 Å². The summed E-state index contributed by atoms with van der Waals surface area (Å²) in [5.74, 6) is -0.596. The van der Waals surface area contributed by atoms with Crippen molar-refractivity contribution in [1.29, 1.82) is 10.5 Å². The molecule has 3 rings (SSSR count). The van der Waals surface area contributed by atoms with Gasteiger partial charge < -0.3 is 0 Å². The molecule has 1 aromatic carbocycles. The fraction of sp³-hybridized carbons (Fsp3) is 0.286. The molecule has 0 spiro atoms. The van der Waals surface area contributed by atoms with Crippen LogP contribution < -0.4 is 15.6 Å². The van der Waals surface area contributed by atoms with Crippen LogP contribution in [-0.4, -0.2) is 17.1 Å². The van der Waals surface area contributed by atoms with Crippen molar-refractivity contribution >= 4 is 35.1 Å². The molecule has 1 aliphatic rings. The SMILES string of the molecule is Cc1ccc(N2C(=O)C[C@H](Sc3[nH+]c(N)c(C#N)c(C(C)C)c3C#N)C2=O)cc1. The first-order valence-corrected chi connectivity index (χ1v) is 9.95. The Hall–Kier alpha value is -3.36. The number of amides is 2. The van der Waals surface area contributed by atoms with Gasteiger partial charge in [-0.3, -0.25) is 15.3 Å². The molecular formula is C21H20N5O2S+. The molecule has 3 N–H and O–H groups in total. The Kier molecular flexibility index (Phi) is 5.58. The van der Waals surface area contributed by atoms with Gasteiger partial charge in [-0.05, 0) is 25.0 Å².